The molecule has 0 unspecified atom stereocenters. The number of hydrogen-bond acceptors (Lipinski definition) is 5. The third-order valence-corrected chi connectivity index (χ3v) is 5.01. The number of carbonyl (C=O) groups is 1. The first-order chi connectivity index (χ1) is 13.2. The lowest BCUT2D eigenvalue weighted by Gasteiger charge is -2.06. The van der Waals surface area contributed by atoms with Crippen LogP contribution >= 0.6 is 27.3 Å². The van der Waals surface area contributed by atoms with Crippen molar-refractivity contribution in [3.05, 3.63) is 74.5 Å². The van der Waals surface area contributed by atoms with E-state index in [-0.39, 0.29) is 10.0 Å². The Bertz CT molecular complexity index is 992. The second-order valence-corrected chi connectivity index (χ2v) is 7.50. The van der Waals surface area contributed by atoms with Gasteiger partial charge in [-0.1, -0.05) is 23.5 Å². The number of nitrogens with one attached hydrogen (secondary N) is 2. The summed E-state index contributed by atoms with van der Waals surface area (Å²) in [5.74, 6) is -0.985. The normalized spacial score (nSPS) is 11.3. The van der Waals surface area contributed by atoms with Crippen LogP contribution < -0.4 is 10.9 Å². The quantitative estimate of drug-likeness (QED) is 0.411. The molecule has 1 aromatic heterocycles. The highest BCUT2D eigenvalue weighted by Crippen LogP contribution is 2.29. The third kappa shape index (κ3) is 5.04. The summed E-state index contributed by atoms with van der Waals surface area (Å²) < 4.78 is 51.1. The fourth-order valence-electron chi connectivity index (χ4n) is 2.18. The molecule has 0 saturated carbocycles. The van der Waals surface area contributed by atoms with Crippen molar-refractivity contribution >= 4 is 38.3 Å². The molecule has 1 heterocycles. The van der Waals surface area contributed by atoms with E-state index in [4.69, 9.17) is 0 Å². The van der Waals surface area contributed by atoms with Crippen LogP contribution in [0.2, 0.25) is 0 Å². The summed E-state index contributed by atoms with van der Waals surface area (Å²) in [5, 5.41) is 8.65. The summed E-state index contributed by atoms with van der Waals surface area (Å²) in [4.78, 5) is 12.0. The number of nitrogens with zero attached hydrogens (tertiary/aromatic N) is 2. The molecule has 0 radical (unpaired) electrons. The minimum atomic E-state index is -4.38. The molecule has 1 amide bonds. The van der Waals surface area contributed by atoms with Gasteiger partial charge in [0.1, 0.15) is 10.8 Å². The smallest absolute Gasteiger partial charge is 0.271 e. The van der Waals surface area contributed by atoms with Crippen molar-refractivity contribution in [3.63, 3.8) is 0 Å². The fourth-order valence-corrected chi connectivity index (χ4v) is 3.29. The first kappa shape index (κ1) is 20.2. The number of anilines is 1. The molecule has 0 aliphatic heterocycles. The van der Waals surface area contributed by atoms with Crippen LogP contribution in [-0.2, 0) is 12.6 Å². The van der Waals surface area contributed by atoms with Gasteiger partial charge in [0, 0.05) is 12.0 Å². The predicted molar refractivity (Wildman–Crippen MR) is 99.3 cm³/mol. The first-order valence-corrected chi connectivity index (χ1v) is 9.33. The van der Waals surface area contributed by atoms with Crippen molar-refractivity contribution < 1.29 is 22.4 Å². The highest BCUT2D eigenvalue weighted by atomic mass is 79.9. The molecule has 3 rings (SSSR count). The van der Waals surface area contributed by atoms with Gasteiger partial charge in [-0.25, -0.2) is 4.39 Å². The topological polar surface area (TPSA) is 66.9 Å². The van der Waals surface area contributed by atoms with E-state index in [1.165, 1.54) is 24.3 Å². The maximum atomic E-state index is 13.2. The molecule has 2 aromatic carbocycles. The van der Waals surface area contributed by atoms with Gasteiger partial charge in [0.2, 0.25) is 5.13 Å². The maximum Gasteiger partial charge on any atom is 0.416 e. The van der Waals surface area contributed by atoms with Crippen LogP contribution in [0.25, 0.3) is 0 Å². The van der Waals surface area contributed by atoms with Gasteiger partial charge in [0.05, 0.1) is 10.0 Å². The molecule has 3 aromatic rings. The molecule has 28 heavy (non-hydrogen) atoms. The van der Waals surface area contributed by atoms with Gasteiger partial charge in [0.25, 0.3) is 5.91 Å². The van der Waals surface area contributed by atoms with Gasteiger partial charge in [-0.05, 0) is 51.8 Å². The number of benzene rings is 2. The second kappa shape index (κ2) is 8.23. The van der Waals surface area contributed by atoms with E-state index in [1.807, 2.05) is 0 Å². The lowest BCUT2D eigenvalue weighted by molar-refractivity contribution is -0.137. The van der Waals surface area contributed by atoms with Gasteiger partial charge in [-0.2, -0.15) is 13.2 Å². The van der Waals surface area contributed by atoms with Crippen molar-refractivity contribution in [2.75, 3.05) is 5.43 Å². The van der Waals surface area contributed by atoms with Gasteiger partial charge >= 0.3 is 6.18 Å². The van der Waals surface area contributed by atoms with E-state index in [9.17, 15) is 22.4 Å². The Kier molecular flexibility index (Phi) is 5.94. The van der Waals surface area contributed by atoms with Crippen LogP contribution in [0.1, 0.15) is 26.5 Å². The van der Waals surface area contributed by atoms with E-state index in [2.05, 4.69) is 37.0 Å². The average Bonchev–Trinajstić information content (AvgIpc) is 3.09. The van der Waals surface area contributed by atoms with Crippen LogP contribution in [0.4, 0.5) is 22.7 Å². The van der Waals surface area contributed by atoms with Crippen molar-refractivity contribution in [2.24, 2.45) is 0 Å². The molecule has 0 saturated heterocycles. The fraction of sp³-hybridized carbons (Fsp3) is 0.118. The van der Waals surface area contributed by atoms with E-state index < -0.39 is 23.5 Å². The molecule has 0 atom stereocenters. The Morgan fingerprint density at radius 3 is 2.46 bits per heavy atom. The average molecular weight is 475 g/mol. The minimum Gasteiger partial charge on any atom is -0.271 e. The minimum absolute atomic E-state index is 0.162. The van der Waals surface area contributed by atoms with Crippen LogP contribution in [-0.4, -0.2) is 16.1 Å². The van der Waals surface area contributed by atoms with Gasteiger partial charge in [-0.15, -0.1) is 10.2 Å². The lowest BCUT2D eigenvalue weighted by Crippen LogP contribution is -2.29. The number of amides is 1. The molecule has 0 bridgehead atoms. The Hall–Kier alpha value is -2.53. The predicted octanol–water partition coefficient (Wildman–Crippen LogP) is 4.81. The zero-order valence-electron chi connectivity index (χ0n) is 13.8. The molecule has 0 aliphatic rings. The Morgan fingerprint density at radius 1 is 1.11 bits per heavy atom. The number of hydrogen-bond donors (Lipinski definition) is 2. The highest BCUT2D eigenvalue weighted by molar-refractivity contribution is 9.10. The number of rotatable bonds is 5. The van der Waals surface area contributed by atoms with Crippen LogP contribution in [0.15, 0.2) is 46.9 Å². The molecule has 0 spiro atoms. The number of carbonyl (C=O) groups excluding carboxylic acids is 1. The van der Waals surface area contributed by atoms with Crippen LogP contribution in [0.3, 0.4) is 0 Å². The Balaban J connectivity index is 1.58. The van der Waals surface area contributed by atoms with Crippen molar-refractivity contribution in [3.8, 4) is 0 Å². The molecule has 146 valence electrons. The SMILES string of the molecule is O=C(NNc1nnc(Cc2ccc(C(F)(F)F)cc2)s1)c1ccc(F)c(Br)c1. The molecule has 0 aliphatic carbocycles. The van der Waals surface area contributed by atoms with Gasteiger partial charge in [0.15, 0.2) is 0 Å². The number of halogens is 5. The first-order valence-electron chi connectivity index (χ1n) is 7.72. The Morgan fingerprint density at radius 2 is 1.82 bits per heavy atom. The maximum absolute atomic E-state index is 13.2. The van der Waals surface area contributed by atoms with Gasteiger partial charge < -0.3 is 0 Å². The van der Waals surface area contributed by atoms with Crippen molar-refractivity contribution in [2.45, 2.75) is 12.6 Å². The summed E-state index contributed by atoms with van der Waals surface area (Å²) >= 11 is 4.14. The van der Waals surface area contributed by atoms with Crippen molar-refractivity contribution in [1.29, 1.82) is 0 Å². The summed E-state index contributed by atoms with van der Waals surface area (Å²) in [6.45, 7) is 0. The lowest BCUT2D eigenvalue weighted by atomic mass is 10.1. The van der Waals surface area contributed by atoms with Gasteiger partial charge in [-0.3, -0.25) is 15.6 Å². The van der Waals surface area contributed by atoms with E-state index >= 15 is 0 Å². The molecule has 5 nitrogen and oxygen atoms in total. The molecule has 11 heteroatoms. The summed E-state index contributed by atoms with van der Waals surface area (Å²) in [6, 6.07) is 8.60. The molecular weight excluding hydrogens is 464 g/mol. The van der Waals surface area contributed by atoms with Crippen molar-refractivity contribution in [1.82, 2.24) is 15.6 Å². The second-order valence-electron chi connectivity index (χ2n) is 5.58. The largest absolute Gasteiger partial charge is 0.416 e. The standard InChI is InChI=1S/C17H11BrF4N4OS/c18-12-8-10(3-6-13(12)19)15(27)24-26-16-25-23-14(28-16)7-9-1-4-11(5-2-9)17(20,21)22/h1-6,8H,7H2,(H,24,27)(H,25,26). The number of alkyl halides is 3. The third-order valence-electron chi connectivity index (χ3n) is 3.57. The van der Waals surface area contributed by atoms with E-state index in [1.54, 1.807) is 0 Å². The number of aromatic nitrogens is 2. The van der Waals surface area contributed by atoms with E-state index in [0.717, 1.165) is 29.5 Å². The molecule has 2 N–H and O–H groups in total. The summed E-state index contributed by atoms with van der Waals surface area (Å²) in [7, 11) is 0. The highest BCUT2D eigenvalue weighted by Gasteiger charge is 2.29. The molecule has 0 fully saturated rings. The zero-order chi connectivity index (χ0) is 20.3. The molecular formula is C17H11BrF4N4OS. The van der Waals surface area contributed by atoms with Crippen LogP contribution in [0, 0.1) is 5.82 Å². The zero-order valence-corrected chi connectivity index (χ0v) is 16.3. The summed E-state index contributed by atoms with van der Waals surface area (Å²) in [6.07, 6.45) is -4.08. The number of hydrazine groups is 1. The Labute approximate surface area is 168 Å². The van der Waals surface area contributed by atoms with E-state index in [0.29, 0.717) is 22.1 Å². The van der Waals surface area contributed by atoms with Crippen LogP contribution in [0.5, 0.6) is 0 Å². The summed E-state index contributed by atoms with van der Waals surface area (Å²) in [5.41, 5.74) is 5.18. The monoisotopic (exact) mass is 474 g/mol.